The van der Waals surface area contributed by atoms with Gasteiger partial charge in [-0.3, -0.25) is 0 Å². The monoisotopic (exact) mass is 738 g/mol. The van der Waals surface area contributed by atoms with Gasteiger partial charge in [0.05, 0.1) is 28.1 Å². The predicted molar refractivity (Wildman–Crippen MR) is 247 cm³/mol. The zero-order chi connectivity index (χ0) is 38.4. The topological polar surface area (TPSA) is 8.17 Å². The standard InChI is InChI=1S/C56H38N2/c1-3-19-41(20-4-1)47-25-11-13-29-51(47)57(46-23-5-2-6-24-46)53-31-16-32-54-55(53)50-26-12-14-30-52(50)58(54)56-48(44-35-33-39-17-7-9-21-42(39)37-44)27-15-28-49(56)45-36-34-40-18-8-10-22-43(40)38-45/h1-38H. The third kappa shape index (κ3) is 5.66. The number of hydrogen-bond acceptors (Lipinski definition) is 1. The van der Waals surface area contributed by atoms with Crippen molar-refractivity contribution in [2.24, 2.45) is 0 Å². The maximum Gasteiger partial charge on any atom is 0.0618 e. The van der Waals surface area contributed by atoms with E-state index in [1.54, 1.807) is 0 Å². The average Bonchev–Trinajstić information content (AvgIpc) is 3.64. The minimum atomic E-state index is 1.10. The fourth-order valence-corrected chi connectivity index (χ4v) is 8.91. The van der Waals surface area contributed by atoms with E-state index in [1.807, 2.05) is 0 Å². The molecule has 0 aliphatic carbocycles. The Morgan fingerprint density at radius 1 is 0.310 bits per heavy atom. The quantitative estimate of drug-likeness (QED) is 0.158. The molecule has 0 N–H and O–H groups in total. The number of benzene rings is 10. The lowest BCUT2D eigenvalue weighted by Gasteiger charge is -2.28. The van der Waals surface area contributed by atoms with Crippen LogP contribution in [0.5, 0.6) is 0 Å². The van der Waals surface area contributed by atoms with Crippen LogP contribution in [-0.2, 0) is 0 Å². The molecule has 0 unspecified atom stereocenters. The Bertz CT molecular complexity index is 3190. The first-order valence-corrected chi connectivity index (χ1v) is 19.9. The van der Waals surface area contributed by atoms with E-state index in [0.717, 1.165) is 33.8 Å². The molecule has 1 aromatic heterocycles. The summed E-state index contributed by atoms with van der Waals surface area (Å²) in [7, 11) is 0. The Kier molecular flexibility index (Phi) is 8.19. The van der Waals surface area contributed by atoms with Gasteiger partial charge < -0.3 is 9.47 Å². The number of para-hydroxylation sites is 4. The molecule has 0 saturated carbocycles. The summed E-state index contributed by atoms with van der Waals surface area (Å²) in [5.74, 6) is 0. The van der Waals surface area contributed by atoms with Crippen LogP contribution < -0.4 is 4.90 Å². The Hall–Kier alpha value is -7.68. The molecule has 0 aliphatic rings. The molecule has 0 fully saturated rings. The molecule has 2 nitrogen and oxygen atoms in total. The first-order chi connectivity index (χ1) is 28.8. The summed E-state index contributed by atoms with van der Waals surface area (Å²) in [4.78, 5) is 2.45. The van der Waals surface area contributed by atoms with Gasteiger partial charge in [0, 0.05) is 33.2 Å². The molecule has 0 amide bonds. The van der Waals surface area contributed by atoms with Crippen molar-refractivity contribution in [1.29, 1.82) is 0 Å². The molecule has 0 spiro atoms. The van der Waals surface area contributed by atoms with Crippen molar-refractivity contribution in [3.63, 3.8) is 0 Å². The van der Waals surface area contributed by atoms with Crippen molar-refractivity contribution in [3.8, 4) is 39.1 Å². The Morgan fingerprint density at radius 2 is 0.810 bits per heavy atom. The van der Waals surface area contributed by atoms with Crippen LogP contribution in [0.15, 0.2) is 231 Å². The van der Waals surface area contributed by atoms with E-state index >= 15 is 0 Å². The van der Waals surface area contributed by atoms with Gasteiger partial charge in [-0.1, -0.05) is 182 Å². The zero-order valence-corrected chi connectivity index (χ0v) is 31.8. The molecule has 0 atom stereocenters. The lowest BCUT2D eigenvalue weighted by atomic mass is 9.93. The van der Waals surface area contributed by atoms with Crippen LogP contribution in [0.2, 0.25) is 0 Å². The Balaban J connectivity index is 1.24. The lowest BCUT2D eigenvalue weighted by molar-refractivity contribution is 1.18. The van der Waals surface area contributed by atoms with Crippen LogP contribution in [0.25, 0.3) is 82.4 Å². The summed E-state index contributed by atoms with van der Waals surface area (Å²) in [5.41, 5.74) is 13.9. The summed E-state index contributed by atoms with van der Waals surface area (Å²) in [6.07, 6.45) is 0. The Morgan fingerprint density at radius 3 is 1.50 bits per heavy atom. The second-order valence-electron chi connectivity index (χ2n) is 14.9. The van der Waals surface area contributed by atoms with E-state index in [1.165, 1.54) is 65.7 Å². The third-order valence-corrected chi connectivity index (χ3v) is 11.5. The fraction of sp³-hybridized carbons (Fsp3) is 0. The van der Waals surface area contributed by atoms with E-state index < -0.39 is 0 Å². The largest absolute Gasteiger partial charge is 0.309 e. The number of rotatable bonds is 7. The van der Waals surface area contributed by atoms with Crippen molar-refractivity contribution >= 4 is 60.4 Å². The van der Waals surface area contributed by atoms with Crippen LogP contribution in [0.1, 0.15) is 0 Å². The minimum absolute atomic E-state index is 1.10. The Labute approximate surface area is 338 Å². The van der Waals surface area contributed by atoms with Crippen molar-refractivity contribution in [1.82, 2.24) is 4.57 Å². The highest BCUT2D eigenvalue weighted by atomic mass is 15.2. The van der Waals surface area contributed by atoms with Crippen LogP contribution in [0.3, 0.4) is 0 Å². The molecule has 0 saturated heterocycles. The predicted octanol–water partition coefficient (Wildman–Crippen LogP) is 15.6. The molecule has 2 heteroatoms. The van der Waals surface area contributed by atoms with E-state index in [-0.39, 0.29) is 0 Å². The molecular formula is C56H38N2. The maximum atomic E-state index is 2.52. The van der Waals surface area contributed by atoms with Crippen molar-refractivity contribution < 1.29 is 0 Å². The second kappa shape index (κ2) is 14.1. The first-order valence-electron chi connectivity index (χ1n) is 19.9. The van der Waals surface area contributed by atoms with Gasteiger partial charge in [0.25, 0.3) is 0 Å². The van der Waals surface area contributed by atoms with Crippen molar-refractivity contribution in [2.45, 2.75) is 0 Å². The maximum absolute atomic E-state index is 2.52. The third-order valence-electron chi connectivity index (χ3n) is 11.5. The van der Waals surface area contributed by atoms with Gasteiger partial charge in [0.1, 0.15) is 0 Å². The van der Waals surface area contributed by atoms with Crippen LogP contribution in [-0.4, -0.2) is 4.57 Å². The molecular weight excluding hydrogens is 701 g/mol. The summed E-state index contributed by atoms with van der Waals surface area (Å²) < 4.78 is 2.52. The van der Waals surface area contributed by atoms with Crippen LogP contribution in [0, 0.1) is 0 Å². The molecule has 1 heterocycles. The number of fused-ring (bicyclic) bond motifs is 5. The normalized spacial score (nSPS) is 11.4. The smallest absolute Gasteiger partial charge is 0.0618 e. The number of hydrogen-bond donors (Lipinski definition) is 0. The number of nitrogens with zero attached hydrogens (tertiary/aromatic N) is 2. The van der Waals surface area contributed by atoms with E-state index in [2.05, 4.69) is 240 Å². The summed E-state index contributed by atoms with van der Waals surface area (Å²) >= 11 is 0. The first kappa shape index (κ1) is 33.6. The summed E-state index contributed by atoms with van der Waals surface area (Å²) in [6.45, 7) is 0. The van der Waals surface area contributed by atoms with E-state index in [9.17, 15) is 0 Å². The van der Waals surface area contributed by atoms with Gasteiger partial charge in [-0.15, -0.1) is 0 Å². The van der Waals surface area contributed by atoms with Gasteiger partial charge in [0.15, 0.2) is 0 Å². The highest BCUT2D eigenvalue weighted by Gasteiger charge is 2.25. The summed E-state index contributed by atoms with van der Waals surface area (Å²) in [5, 5.41) is 7.31. The molecule has 0 aliphatic heterocycles. The molecule has 0 bridgehead atoms. The zero-order valence-electron chi connectivity index (χ0n) is 31.8. The second-order valence-corrected chi connectivity index (χ2v) is 14.9. The highest BCUT2D eigenvalue weighted by molar-refractivity contribution is 6.18. The van der Waals surface area contributed by atoms with Gasteiger partial charge in [0.2, 0.25) is 0 Å². The fourth-order valence-electron chi connectivity index (χ4n) is 8.91. The van der Waals surface area contributed by atoms with Crippen LogP contribution >= 0.6 is 0 Å². The van der Waals surface area contributed by atoms with Gasteiger partial charge in [-0.2, -0.15) is 0 Å². The SMILES string of the molecule is c1ccc(-c2ccccc2N(c2ccccc2)c2cccc3c2c2ccccc2n3-c2c(-c3ccc4ccccc4c3)cccc2-c2ccc3ccccc3c2)cc1. The highest BCUT2D eigenvalue weighted by Crippen LogP contribution is 2.48. The molecule has 0 radical (unpaired) electrons. The number of anilines is 3. The van der Waals surface area contributed by atoms with Crippen molar-refractivity contribution in [2.75, 3.05) is 4.90 Å². The van der Waals surface area contributed by atoms with Gasteiger partial charge >= 0.3 is 0 Å². The van der Waals surface area contributed by atoms with Gasteiger partial charge in [-0.25, -0.2) is 0 Å². The molecule has 11 aromatic rings. The molecule has 58 heavy (non-hydrogen) atoms. The van der Waals surface area contributed by atoms with E-state index in [4.69, 9.17) is 0 Å². The molecule has 10 aromatic carbocycles. The van der Waals surface area contributed by atoms with Gasteiger partial charge in [-0.05, 0) is 86.8 Å². The summed E-state index contributed by atoms with van der Waals surface area (Å²) in [6, 6.07) is 83.8. The average molecular weight is 739 g/mol. The van der Waals surface area contributed by atoms with E-state index in [0.29, 0.717) is 0 Å². The minimum Gasteiger partial charge on any atom is -0.309 e. The van der Waals surface area contributed by atoms with Crippen LogP contribution in [0.4, 0.5) is 17.1 Å². The lowest BCUT2D eigenvalue weighted by Crippen LogP contribution is -2.11. The van der Waals surface area contributed by atoms with Crippen molar-refractivity contribution in [3.05, 3.63) is 231 Å². The molecule has 11 rings (SSSR count). The molecule has 272 valence electrons. The number of aromatic nitrogens is 1.